The van der Waals surface area contributed by atoms with Crippen molar-refractivity contribution in [3.63, 3.8) is 0 Å². The fraction of sp³-hybridized carbons (Fsp3) is 0.444. The summed E-state index contributed by atoms with van der Waals surface area (Å²) in [5.74, 6) is 1.07. The molecule has 0 radical (unpaired) electrons. The minimum absolute atomic E-state index is 0.537. The second-order valence-electron chi connectivity index (χ2n) is 6.05. The van der Waals surface area contributed by atoms with Gasteiger partial charge in [0.25, 0.3) is 0 Å². The molecule has 1 nitrogen and oxygen atoms in total. The van der Waals surface area contributed by atoms with Crippen LogP contribution in [-0.2, 0) is 0 Å². The van der Waals surface area contributed by atoms with Crippen molar-refractivity contribution in [2.75, 3.05) is 0 Å². The molecule has 0 aliphatic carbocycles. The average molecular weight is 255 g/mol. The van der Waals surface area contributed by atoms with Crippen LogP contribution in [0.1, 0.15) is 62.0 Å². The quantitative estimate of drug-likeness (QED) is 0.697. The molecule has 0 amide bonds. The minimum atomic E-state index is 0.537. The first kappa shape index (κ1) is 13.9. The van der Waals surface area contributed by atoms with Crippen molar-refractivity contribution in [3.05, 3.63) is 52.8 Å². The van der Waals surface area contributed by atoms with Gasteiger partial charge in [-0.15, -0.1) is 0 Å². The number of hydrogen-bond acceptors (Lipinski definition) is 0. The second-order valence-corrected chi connectivity index (χ2v) is 6.05. The van der Waals surface area contributed by atoms with E-state index in [1.807, 2.05) is 0 Å². The van der Waals surface area contributed by atoms with Crippen LogP contribution in [-0.4, -0.2) is 4.57 Å². The lowest BCUT2D eigenvalue weighted by Gasteiger charge is -2.23. The van der Waals surface area contributed by atoms with Gasteiger partial charge in [-0.25, -0.2) is 0 Å². The van der Waals surface area contributed by atoms with E-state index in [1.54, 1.807) is 0 Å². The van der Waals surface area contributed by atoms with Crippen LogP contribution in [0.3, 0.4) is 0 Å². The predicted molar refractivity (Wildman–Crippen MR) is 83.4 cm³/mol. The van der Waals surface area contributed by atoms with Crippen molar-refractivity contribution in [2.24, 2.45) is 0 Å². The molecular weight excluding hydrogens is 230 g/mol. The fourth-order valence-corrected chi connectivity index (χ4v) is 2.79. The van der Waals surface area contributed by atoms with E-state index < -0.39 is 0 Å². The SMILES string of the molecule is Cc1ccc(C)n1-c1c(C(C)C)cccc1C(C)C. The third-order valence-corrected chi connectivity index (χ3v) is 3.84. The molecule has 0 atom stereocenters. The molecule has 19 heavy (non-hydrogen) atoms. The summed E-state index contributed by atoms with van der Waals surface area (Å²) in [6, 6.07) is 11.1. The first-order valence-electron chi connectivity index (χ1n) is 7.21. The lowest BCUT2D eigenvalue weighted by atomic mass is 9.92. The summed E-state index contributed by atoms with van der Waals surface area (Å²) < 4.78 is 2.41. The molecule has 1 aromatic carbocycles. The van der Waals surface area contributed by atoms with Gasteiger partial charge in [0.2, 0.25) is 0 Å². The van der Waals surface area contributed by atoms with E-state index in [4.69, 9.17) is 0 Å². The maximum atomic E-state index is 2.41. The van der Waals surface area contributed by atoms with Crippen molar-refractivity contribution in [3.8, 4) is 5.69 Å². The van der Waals surface area contributed by atoms with Crippen LogP contribution in [0.25, 0.3) is 5.69 Å². The van der Waals surface area contributed by atoms with E-state index in [0.29, 0.717) is 11.8 Å². The van der Waals surface area contributed by atoms with Crippen LogP contribution < -0.4 is 0 Å². The van der Waals surface area contributed by atoms with Crippen molar-refractivity contribution in [2.45, 2.75) is 53.4 Å². The Labute approximate surface area is 117 Å². The molecule has 1 heteroatoms. The summed E-state index contributed by atoms with van der Waals surface area (Å²) in [5.41, 5.74) is 6.90. The highest BCUT2D eigenvalue weighted by atomic mass is 15.0. The zero-order valence-electron chi connectivity index (χ0n) is 13.0. The van der Waals surface area contributed by atoms with Crippen molar-refractivity contribution in [1.82, 2.24) is 4.57 Å². The highest BCUT2D eigenvalue weighted by molar-refractivity contribution is 5.53. The van der Waals surface area contributed by atoms with Crippen LogP contribution in [0, 0.1) is 13.8 Å². The molecule has 102 valence electrons. The Morgan fingerprint density at radius 3 is 1.53 bits per heavy atom. The summed E-state index contributed by atoms with van der Waals surface area (Å²) in [6.07, 6.45) is 0. The zero-order valence-corrected chi connectivity index (χ0v) is 13.0. The van der Waals surface area contributed by atoms with E-state index in [-0.39, 0.29) is 0 Å². The topological polar surface area (TPSA) is 4.93 Å². The number of hydrogen-bond donors (Lipinski definition) is 0. The predicted octanol–water partition coefficient (Wildman–Crippen LogP) is 5.34. The van der Waals surface area contributed by atoms with E-state index in [9.17, 15) is 0 Å². The molecule has 1 heterocycles. The third-order valence-electron chi connectivity index (χ3n) is 3.84. The zero-order chi connectivity index (χ0) is 14.2. The summed E-state index contributed by atoms with van der Waals surface area (Å²) >= 11 is 0. The van der Waals surface area contributed by atoms with Gasteiger partial charge in [-0.2, -0.15) is 0 Å². The molecule has 0 N–H and O–H groups in total. The third kappa shape index (κ3) is 2.47. The molecular formula is C18H25N. The fourth-order valence-electron chi connectivity index (χ4n) is 2.79. The summed E-state index contributed by atoms with van der Waals surface area (Å²) in [6.45, 7) is 13.5. The van der Waals surface area contributed by atoms with Gasteiger partial charge in [-0.05, 0) is 48.9 Å². The largest absolute Gasteiger partial charge is 0.318 e. The first-order chi connectivity index (χ1) is 8.93. The molecule has 0 bridgehead atoms. The van der Waals surface area contributed by atoms with Crippen LogP contribution in [0.2, 0.25) is 0 Å². The van der Waals surface area contributed by atoms with E-state index in [2.05, 4.69) is 76.4 Å². The summed E-state index contributed by atoms with van der Waals surface area (Å²) in [7, 11) is 0. The number of aryl methyl sites for hydroxylation is 2. The molecule has 1 aromatic heterocycles. The Kier molecular flexibility index (Phi) is 3.84. The summed E-state index contributed by atoms with van der Waals surface area (Å²) in [4.78, 5) is 0. The molecule has 2 aromatic rings. The number of nitrogens with zero attached hydrogens (tertiary/aromatic N) is 1. The smallest absolute Gasteiger partial charge is 0.0524 e. The standard InChI is InChI=1S/C18H25N/c1-12(2)16-8-7-9-17(13(3)4)18(16)19-14(5)10-11-15(19)6/h7-13H,1-6H3. The highest BCUT2D eigenvalue weighted by Gasteiger charge is 2.17. The Bertz CT molecular complexity index is 528. The van der Waals surface area contributed by atoms with Gasteiger partial charge < -0.3 is 4.57 Å². The Balaban J connectivity index is 2.79. The van der Waals surface area contributed by atoms with Crippen molar-refractivity contribution in [1.29, 1.82) is 0 Å². The number of aromatic nitrogens is 1. The number of benzene rings is 1. The second kappa shape index (κ2) is 5.24. The van der Waals surface area contributed by atoms with Crippen LogP contribution in [0.15, 0.2) is 30.3 Å². The van der Waals surface area contributed by atoms with Gasteiger partial charge in [0.1, 0.15) is 0 Å². The van der Waals surface area contributed by atoms with E-state index in [1.165, 1.54) is 28.2 Å². The molecule has 0 aliphatic rings. The summed E-state index contributed by atoms with van der Waals surface area (Å²) in [5, 5.41) is 0. The molecule has 2 rings (SSSR count). The lowest BCUT2D eigenvalue weighted by molar-refractivity contribution is 0.794. The Morgan fingerprint density at radius 1 is 0.737 bits per heavy atom. The Hall–Kier alpha value is -1.50. The van der Waals surface area contributed by atoms with Crippen LogP contribution in [0.5, 0.6) is 0 Å². The molecule has 0 saturated heterocycles. The maximum absolute atomic E-state index is 2.41. The normalized spacial score (nSPS) is 11.6. The minimum Gasteiger partial charge on any atom is -0.318 e. The number of rotatable bonds is 3. The van der Waals surface area contributed by atoms with E-state index >= 15 is 0 Å². The van der Waals surface area contributed by atoms with Crippen LogP contribution in [0.4, 0.5) is 0 Å². The monoisotopic (exact) mass is 255 g/mol. The van der Waals surface area contributed by atoms with Gasteiger partial charge in [0, 0.05) is 11.4 Å². The number of para-hydroxylation sites is 1. The van der Waals surface area contributed by atoms with E-state index in [0.717, 1.165) is 0 Å². The molecule has 0 unspecified atom stereocenters. The molecule has 0 spiro atoms. The van der Waals surface area contributed by atoms with Gasteiger partial charge in [0.15, 0.2) is 0 Å². The van der Waals surface area contributed by atoms with Crippen molar-refractivity contribution < 1.29 is 0 Å². The maximum Gasteiger partial charge on any atom is 0.0524 e. The van der Waals surface area contributed by atoms with Crippen LogP contribution >= 0.6 is 0 Å². The molecule has 0 saturated carbocycles. The van der Waals surface area contributed by atoms with Gasteiger partial charge >= 0.3 is 0 Å². The van der Waals surface area contributed by atoms with Crippen molar-refractivity contribution >= 4 is 0 Å². The van der Waals surface area contributed by atoms with Gasteiger partial charge in [-0.1, -0.05) is 45.9 Å². The average Bonchev–Trinajstić information content (AvgIpc) is 2.67. The molecule has 0 fully saturated rings. The Morgan fingerprint density at radius 2 is 1.16 bits per heavy atom. The highest BCUT2D eigenvalue weighted by Crippen LogP contribution is 2.32. The van der Waals surface area contributed by atoms with Gasteiger partial charge in [0.05, 0.1) is 5.69 Å². The lowest BCUT2D eigenvalue weighted by Crippen LogP contribution is -2.09. The molecule has 0 aliphatic heterocycles. The first-order valence-corrected chi connectivity index (χ1v) is 7.21. The van der Waals surface area contributed by atoms with Gasteiger partial charge in [-0.3, -0.25) is 0 Å².